The molecule has 3 nitrogen and oxygen atoms in total. The number of anilines is 1. The average Bonchev–Trinajstić information content (AvgIpc) is 2.47. The molecule has 2 heterocycles. The van der Waals surface area contributed by atoms with Crippen molar-refractivity contribution in [2.45, 2.75) is 12.8 Å². The van der Waals surface area contributed by atoms with Crippen molar-refractivity contribution in [1.29, 1.82) is 0 Å². The van der Waals surface area contributed by atoms with Crippen LogP contribution in [0.15, 0.2) is 36.5 Å². The monoisotopic (exact) mass is 242 g/mol. The summed E-state index contributed by atoms with van der Waals surface area (Å²) < 4.78 is 0. The Labute approximate surface area is 107 Å². The van der Waals surface area contributed by atoms with Gasteiger partial charge in [0.05, 0.1) is 5.52 Å². The molecule has 1 aromatic heterocycles. The third-order valence-corrected chi connectivity index (χ3v) is 3.84. The molecule has 3 heteroatoms. The summed E-state index contributed by atoms with van der Waals surface area (Å²) in [4.78, 5) is 6.81. The van der Waals surface area contributed by atoms with E-state index in [1.54, 1.807) is 0 Å². The van der Waals surface area contributed by atoms with E-state index in [2.05, 4.69) is 34.1 Å². The molecule has 0 unspecified atom stereocenters. The normalized spacial score (nSPS) is 17.3. The maximum atomic E-state index is 9.19. The summed E-state index contributed by atoms with van der Waals surface area (Å²) in [7, 11) is 0. The number of hydrogen-bond donors (Lipinski definition) is 1. The summed E-state index contributed by atoms with van der Waals surface area (Å²) in [6.07, 6.45) is 4.04. The lowest BCUT2D eigenvalue weighted by Crippen LogP contribution is -2.34. The molecule has 1 saturated heterocycles. The number of nitrogens with zero attached hydrogens (tertiary/aromatic N) is 2. The molecular weight excluding hydrogens is 224 g/mol. The third kappa shape index (κ3) is 2.06. The van der Waals surface area contributed by atoms with Crippen molar-refractivity contribution in [1.82, 2.24) is 4.98 Å². The van der Waals surface area contributed by atoms with Gasteiger partial charge in [0, 0.05) is 37.0 Å². The van der Waals surface area contributed by atoms with E-state index >= 15 is 0 Å². The van der Waals surface area contributed by atoms with Crippen molar-refractivity contribution in [3.63, 3.8) is 0 Å². The predicted octanol–water partition coefficient (Wildman–Crippen LogP) is 2.44. The number of pyridine rings is 1. The molecule has 1 fully saturated rings. The lowest BCUT2D eigenvalue weighted by atomic mass is 9.97. The highest BCUT2D eigenvalue weighted by Crippen LogP contribution is 2.28. The molecule has 0 amide bonds. The molecule has 1 aliphatic rings. The van der Waals surface area contributed by atoms with E-state index < -0.39 is 0 Å². The minimum atomic E-state index is 0.324. The highest BCUT2D eigenvalue weighted by molar-refractivity contribution is 5.91. The van der Waals surface area contributed by atoms with E-state index in [9.17, 15) is 5.11 Å². The zero-order chi connectivity index (χ0) is 12.4. The Hall–Kier alpha value is -1.61. The minimum absolute atomic E-state index is 0.324. The summed E-state index contributed by atoms with van der Waals surface area (Å²) in [5, 5.41) is 10.4. The second kappa shape index (κ2) is 4.94. The number of rotatable bonds is 2. The van der Waals surface area contributed by atoms with Gasteiger partial charge in [0.1, 0.15) is 0 Å². The number of hydrogen-bond acceptors (Lipinski definition) is 3. The standard InChI is InChI=1S/C15H18N2O/c18-11-12-6-9-17(10-7-12)15-5-8-16-14-4-2-1-3-13(14)15/h1-5,8,12,18H,6-7,9-11H2. The number of benzene rings is 1. The van der Waals surface area contributed by atoms with Crippen molar-refractivity contribution in [2.24, 2.45) is 5.92 Å². The second-order valence-electron chi connectivity index (χ2n) is 4.96. The van der Waals surface area contributed by atoms with Crippen molar-refractivity contribution >= 4 is 16.6 Å². The number of para-hydroxylation sites is 1. The van der Waals surface area contributed by atoms with E-state index in [1.807, 2.05) is 12.3 Å². The van der Waals surface area contributed by atoms with Crippen LogP contribution in [0.1, 0.15) is 12.8 Å². The largest absolute Gasteiger partial charge is 0.396 e. The van der Waals surface area contributed by atoms with Gasteiger partial charge in [-0.15, -0.1) is 0 Å². The van der Waals surface area contributed by atoms with Crippen LogP contribution in [-0.4, -0.2) is 29.8 Å². The van der Waals surface area contributed by atoms with Gasteiger partial charge in [0.2, 0.25) is 0 Å². The summed E-state index contributed by atoms with van der Waals surface area (Å²) in [6, 6.07) is 10.4. The Balaban J connectivity index is 1.91. The van der Waals surface area contributed by atoms with Crippen molar-refractivity contribution < 1.29 is 5.11 Å². The van der Waals surface area contributed by atoms with Gasteiger partial charge in [-0.3, -0.25) is 4.98 Å². The topological polar surface area (TPSA) is 36.4 Å². The van der Waals surface area contributed by atoms with Gasteiger partial charge in [-0.1, -0.05) is 18.2 Å². The van der Waals surface area contributed by atoms with Crippen LogP contribution in [0.5, 0.6) is 0 Å². The van der Waals surface area contributed by atoms with E-state index in [1.165, 1.54) is 11.1 Å². The van der Waals surface area contributed by atoms with Crippen LogP contribution < -0.4 is 4.90 Å². The lowest BCUT2D eigenvalue weighted by molar-refractivity contribution is 0.203. The molecule has 0 bridgehead atoms. The van der Waals surface area contributed by atoms with Crippen LogP contribution in [0, 0.1) is 5.92 Å². The number of piperidine rings is 1. The molecule has 0 aliphatic carbocycles. The van der Waals surface area contributed by atoms with E-state index in [4.69, 9.17) is 0 Å². The van der Waals surface area contributed by atoms with Crippen LogP contribution in [0.3, 0.4) is 0 Å². The lowest BCUT2D eigenvalue weighted by Gasteiger charge is -2.33. The van der Waals surface area contributed by atoms with Gasteiger partial charge in [-0.2, -0.15) is 0 Å². The van der Waals surface area contributed by atoms with Gasteiger partial charge in [0.15, 0.2) is 0 Å². The first-order valence-electron chi connectivity index (χ1n) is 6.58. The van der Waals surface area contributed by atoms with Gasteiger partial charge in [0.25, 0.3) is 0 Å². The molecule has 18 heavy (non-hydrogen) atoms. The maximum absolute atomic E-state index is 9.19. The highest BCUT2D eigenvalue weighted by Gasteiger charge is 2.19. The van der Waals surface area contributed by atoms with Crippen molar-refractivity contribution in [2.75, 3.05) is 24.6 Å². The number of aliphatic hydroxyl groups is 1. The van der Waals surface area contributed by atoms with Crippen molar-refractivity contribution in [3.8, 4) is 0 Å². The Morgan fingerprint density at radius 1 is 1.17 bits per heavy atom. The number of fused-ring (bicyclic) bond motifs is 1. The summed E-state index contributed by atoms with van der Waals surface area (Å²) >= 11 is 0. The van der Waals surface area contributed by atoms with Crippen LogP contribution in [0.25, 0.3) is 10.9 Å². The SMILES string of the molecule is OCC1CCN(c2ccnc3ccccc23)CC1. The third-order valence-electron chi connectivity index (χ3n) is 3.84. The molecule has 2 aromatic rings. The fraction of sp³-hybridized carbons (Fsp3) is 0.400. The zero-order valence-corrected chi connectivity index (χ0v) is 10.4. The van der Waals surface area contributed by atoms with Crippen LogP contribution in [-0.2, 0) is 0 Å². The van der Waals surface area contributed by atoms with Gasteiger partial charge in [-0.05, 0) is 30.9 Å². The zero-order valence-electron chi connectivity index (χ0n) is 10.4. The van der Waals surface area contributed by atoms with Gasteiger partial charge in [-0.25, -0.2) is 0 Å². The fourth-order valence-electron chi connectivity index (χ4n) is 2.71. The van der Waals surface area contributed by atoms with Crippen LogP contribution in [0.2, 0.25) is 0 Å². The molecule has 94 valence electrons. The van der Waals surface area contributed by atoms with Crippen LogP contribution in [0.4, 0.5) is 5.69 Å². The molecular formula is C15H18N2O. The molecule has 3 rings (SSSR count). The van der Waals surface area contributed by atoms with Gasteiger partial charge < -0.3 is 10.0 Å². The molecule has 1 aliphatic heterocycles. The first kappa shape index (κ1) is 11.5. The van der Waals surface area contributed by atoms with E-state index in [0.717, 1.165) is 31.4 Å². The Kier molecular flexibility index (Phi) is 3.15. The summed E-state index contributed by atoms with van der Waals surface area (Å²) in [6.45, 7) is 2.38. The van der Waals surface area contributed by atoms with Crippen LogP contribution >= 0.6 is 0 Å². The first-order valence-corrected chi connectivity index (χ1v) is 6.58. The Morgan fingerprint density at radius 3 is 2.72 bits per heavy atom. The predicted molar refractivity (Wildman–Crippen MR) is 73.8 cm³/mol. The molecule has 0 spiro atoms. The summed E-state index contributed by atoms with van der Waals surface area (Å²) in [5.74, 6) is 0.481. The van der Waals surface area contributed by atoms with Gasteiger partial charge >= 0.3 is 0 Å². The summed E-state index contributed by atoms with van der Waals surface area (Å²) in [5.41, 5.74) is 2.33. The fourth-order valence-corrected chi connectivity index (χ4v) is 2.71. The average molecular weight is 242 g/mol. The Bertz CT molecular complexity index is 528. The smallest absolute Gasteiger partial charge is 0.0722 e. The minimum Gasteiger partial charge on any atom is -0.396 e. The van der Waals surface area contributed by atoms with E-state index in [0.29, 0.717) is 12.5 Å². The molecule has 0 radical (unpaired) electrons. The molecule has 1 N–H and O–H groups in total. The quantitative estimate of drug-likeness (QED) is 0.878. The number of aliphatic hydroxyl groups excluding tert-OH is 1. The highest BCUT2D eigenvalue weighted by atomic mass is 16.3. The Morgan fingerprint density at radius 2 is 1.94 bits per heavy atom. The maximum Gasteiger partial charge on any atom is 0.0722 e. The first-order chi connectivity index (χ1) is 8.88. The molecule has 1 aromatic carbocycles. The molecule has 0 atom stereocenters. The number of aromatic nitrogens is 1. The van der Waals surface area contributed by atoms with Crippen molar-refractivity contribution in [3.05, 3.63) is 36.5 Å². The molecule has 0 saturated carbocycles. The second-order valence-corrected chi connectivity index (χ2v) is 4.96. The van der Waals surface area contributed by atoms with E-state index in [-0.39, 0.29) is 0 Å².